The number of rotatable bonds is 2. The molecule has 0 spiro atoms. The first kappa shape index (κ1) is 22.7. The normalized spacial score (nSPS) is 12.2. The number of para-hydroxylation sites is 3. The molecule has 0 amide bonds. The first-order valence-electron chi connectivity index (χ1n) is 14.5. The number of benzene rings is 5. The molecule has 0 aliphatic heterocycles. The third kappa shape index (κ3) is 2.95. The largest absolute Gasteiger partial charge is 0.309 e. The van der Waals surface area contributed by atoms with Crippen LogP contribution >= 0.6 is 0 Å². The number of aromatic nitrogens is 5. The molecule has 5 aromatic carbocycles. The monoisotopic (exact) mass is 549 g/mol. The van der Waals surface area contributed by atoms with E-state index in [4.69, 9.17) is 4.98 Å². The predicted octanol–water partition coefficient (Wildman–Crippen LogP) is 9.23. The van der Waals surface area contributed by atoms with E-state index in [1.165, 1.54) is 49.0 Å². The fourth-order valence-corrected chi connectivity index (χ4v) is 7.22. The molecule has 5 aromatic heterocycles. The fourth-order valence-electron chi connectivity index (χ4n) is 7.22. The standard InChI is InChI=1S/C38H23N5/c1-3-9-24(10-4-1)42-32-14-8-7-13-27(32)29-21-30-35(22-34(29)42)43(25-11-5-2-6-12-25)33-16-15-28-26-17-18-39-23-31(26)38-40-19-20-41(38)37(28)36(30)33/h1-23H. The second-order valence-corrected chi connectivity index (χ2v) is 11.1. The van der Waals surface area contributed by atoms with Gasteiger partial charge in [0, 0.05) is 68.5 Å². The van der Waals surface area contributed by atoms with Gasteiger partial charge in [-0.3, -0.25) is 9.38 Å². The van der Waals surface area contributed by atoms with E-state index in [0.717, 1.165) is 33.3 Å². The van der Waals surface area contributed by atoms with Crippen molar-refractivity contribution in [2.45, 2.75) is 0 Å². The van der Waals surface area contributed by atoms with Gasteiger partial charge in [-0.05, 0) is 60.0 Å². The highest BCUT2D eigenvalue weighted by Gasteiger charge is 2.22. The summed E-state index contributed by atoms with van der Waals surface area (Å²) in [5.74, 6) is 0. The van der Waals surface area contributed by atoms with Gasteiger partial charge >= 0.3 is 0 Å². The number of fused-ring (bicyclic) bond motifs is 13. The molecule has 5 heterocycles. The van der Waals surface area contributed by atoms with E-state index in [1.54, 1.807) is 0 Å². The van der Waals surface area contributed by atoms with Crippen molar-refractivity contribution in [1.82, 2.24) is 23.5 Å². The Labute approximate surface area is 245 Å². The highest BCUT2D eigenvalue weighted by atomic mass is 15.0. The number of hydrogen-bond acceptors (Lipinski definition) is 2. The zero-order valence-corrected chi connectivity index (χ0v) is 23.0. The molecule has 0 radical (unpaired) electrons. The van der Waals surface area contributed by atoms with Crippen LogP contribution < -0.4 is 0 Å². The van der Waals surface area contributed by atoms with Crippen LogP contribution in [0, 0.1) is 0 Å². The fraction of sp³-hybridized carbons (Fsp3) is 0. The van der Waals surface area contributed by atoms with E-state index >= 15 is 0 Å². The lowest BCUT2D eigenvalue weighted by Crippen LogP contribution is -1.96. The molecule has 10 rings (SSSR count). The highest BCUT2D eigenvalue weighted by Crippen LogP contribution is 2.43. The Kier molecular flexibility index (Phi) is 4.39. The molecule has 0 fully saturated rings. The van der Waals surface area contributed by atoms with Crippen molar-refractivity contribution < 1.29 is 0 Å². The molecule has 0 saturated carbocycles. The van der Waals surface area contributed by atoms with Gasteiger partial charge in [0.05, 0.1) is 27.6 Å². The smallest absolute Gasteiger partial charge is 0.146 e. The summed E-state index contributed by atoms with van der Waals surface area (Å²) in [6, 6.07) is 41.5. The Balaban J connectivity index is 1.49. The topological polar surface area (TPSA) is 40.1 Å². The van der Waals surface area contributed by atoms with Crippen LogP contribution in [0.15, 0.2) is 140 Å². The molecule has 0 bridgehead atoms. The Morgan fingerprint density at radius 1 is 0.465 bits per heavy atom. The molecule has 0 aliphatic carbocycles. The lowest BCUT2D eigenvalue weighted by Gasteiger charge is -2.11. The molecule has 10 aromatic rings. The van der Waals surface area contributed by atoms with E-state index < -0.39 is 0 Å². The molecule has 5 heteroatoms. The van der Waals surface area contributed by atoms with Crippen molar-refractivity contribution in [3.05, 3.63) is 140 Å². The number of nitrogens with zero attached hydrogens (tertiary/aromatic N) is 5. The second-order valence-electron chi connectivity index (χ2n) is 11.1. The third-order valence-corrected chi connectivity index (χ3v) is 8.96. The van der Waals surface area contributed by atoms with Crippen LogP contribution in [0.3, 0.4) is 0 Å². The molecule has 43 heavy (non-hydrogen) atoms. The van der Waals surface area contributed by atoms with E-state index in [9.17, 15) is 0 Å². The Hall–Kier alpha value is -5.94. The summed E-state index contributed by atoms with van der Waals surface area (Å²) in [7, 11) is 0. The van der Waals surface area contributed by atoms with Gasteiger partial charge in [-0.1, -0.05) is 60.7 Å². The first-order valence-corrected chi connectivity index (χ1v) is 14.5. The zero-order valence-electron chi connectivity index (χ0n) is 23.0. The van der Waals surface area contributed by atoms with Crippen molar-refractivity contribution in [3.8, 4) is 11.4 Å². The van der Waals surface area contributed by atoms with Crippen molar-refractivity contribution >= 4 is 70.9 Å². The molecule has 200 valence electrons. The minimum atomic E-state index is 0.922. The Morgan fingerprint density at radius 2 is 1.19 bits per heavy atom. The third-order valence-electron chi connectivity index (χ3n) is 8.96. The van der Waals surface area contributed by atoms with Crippen LogP contribution in [0.4, 0.5) is 0 Å². The van der Waals surface area contributed by atoms with Crippen LogP contribution in [0.1, 0.15) is 0 Å². The van der Waals surface area contributed by atoms with E-state index in [2.05, 4.69) is 140 Å². The zero-order chi connectivity index (χ0) is 28.1. The van der Waals surface area contributed by atoms with Gasteiger partial charge in [0.2, 0.25) is 0 Å². The van der Waals surface area contributed by atoms with Gasteiger partial charge in [-0.25, -0.2) is 4.98 Å². The van der Waals surface area contributed by atoms with Crippen LogP contribution in [-0.4, -0.2) is 23.5 Å². The molecule has 0 atom stereocenters. The van der Waals surface area contributed by atoms with Gasteiger partial charge in [-0.15, -0.1) is 0 Å². The summed E-state index contributed by atoms with van der Waals surface area (Å²) >= 11 is 0. The quantitative estimate of drug-likeness (QED) is 0.202. The maximum absolute atomic E-state index is 4.79. The van der Waals surface area contributed by atoms with Gasteiger partial charge < -0.3 is 9.13 Å². The minimum Gasteiger partial charge on any atom is -0.309 e. The van der Waals surface area contributed by atoms with E-state index in [0.29, 0.717) is 0 Å². The molecular formula is C38H23N5. The molecule has 0 unspecified atom stereocenters. The maximum atomic E-state index is 4.79. The van der Waals surface area contributed by atoms with Crippen LogP contribution in [0.2, 0.25) is 0 Å². The van der Waals surface area contributed by atoms with E-state index in [-0.39, 0.29) is 0 Å². The molecule has 0 aliphatic rings. The van der Waals surface area contributed by atoms with Crippen molar-refractivity contribution in [1.29, 1.82) is 0 Å². The minimum absolute atomic E-state index is 0.922. The van der Waals surface area contributed by atoms with Gasteiger partial charge in [0.25, 0.3) is 0 Å². The average molecular weight is 550 g/mol. The lowest BCUT2D eigenvalue weighted by molar-refractivity contribution is 1.16. The van der Waals surface area contributed by atoms with Crippen molar-refractivity contribution in [2.24, 2.45) is 0 Å². The van der Waals surface area contributed by atoms with Crippen molar-refractivity contribution in [2.75, 3.05) is 0 Å². The number of pyridine rings is 2. The SMILES string of the molecule is c1ccc(-n2c3ccccc3c3cc4c5c(ccc6c7ccncc7c7nccn7c65)n(-c5ccccc5)c4cc32)cc1. The molecular weight excluding hydrogens is 526 g/mol. The van der Waals surface area contributed by atoms with Crippen molar-refractivity contribution in [3.63, 3.8) is 0 Å². The summed E-state index contributed by atoms with van der Waals surface area (Å²) in [4.78, 5) is 9.23. The van der Waals surface area contributed by atoms with Crippen LogP contribution in [-0.2, 0) is 0 Å². The maximum Gasteiger partial charge on any atom is 0.146 e. The molecule has 0 saturated heterocycles. The summed E-state index contributed by atoms with van der Waals surface area (Å²) in [6.07, 6.45) is 7.77. The molecule has 0 N–H and O–H groups in total. The summed E-state index contributed by atoms with van der Waals surface area (Å²) in [6.45, 7) is 0. The summed E-state index contributed by atoms with van der Waals surface area (Å²) in [5.41, 5.74) is 9.10. The lowest BCUT2D eigenvalue weighted by atomic mass is 10.0. The predicted molar refractivity (Wildman–Crippen MR) is 177 cm³/mol. The second kappa shape index (κ2) is 8.30. The average Bonchev–Trinajstić information content (AvgIpc) is 3.77. The van der Waals surface area contributed by atoms with Crippen LogP contribution in [0.5, 0.6) is 0 Å². The van der Waals surface area contributed by atoms with Gasteiger partial charge in [-0.2, -0.15) is 0 Å². The summed E-state index contributed by atoms with van der Waals surface area (Å²) in [5, 5.41) is 8.32. The Bertz CT molecular complexity index is 2710. The highest BCUT2D eigenvalue weighted by molar-refractivity contribution is 6.28. The van der Waals surface area contributed by atoms with Gasteiger partial charge in [0.15, 0.2) is 0 Å². The van der Waals surface area contributed by atoms with E-state index in [1.807, 2.05) is 18.6 Å². The molecule has 5 nitrogen and oxygen atoms in total. The summed E-state index contributed by atoms with van der Waals surface area (Å²) < 4.78 is 7.05. The van der Waals surface area contributed by atoms with Crippen LogP contribution in [0.25, 0.3) is 82.3 Å². The number of imidazole rings is 1. The van der Waals surface area contributed by atoms with Gasteiger partial charge in [0.1, 0.15) is 5.65 Å². The number of hydrogen-bond donors (Lipinski definition) is 0. The Morgan fingerprint density at radius 3 is 2.00 bits per heavy atom. The first-order chi connectivity index (χ1) is 21.4.